The van der Waals surface area contributed by atoms with Crippen molar-refractivity contribution < 1.29 is 58.9 Å². The number of benzene rings is 2. The number of rotatable bonds is 4. The Hall–Kier alpha value is -5.16. The predicted octanol–water partition coefficient (Wildman–Crippen LogP) is 3.99. The minimum Gasteiger partial charge on any atom is -0.507 e. The molecule has 0 saturated carbocycles. The summed E-state index contributed by atoms with van der Waals surface area (Å²) in [5.41, 5.74) is -0.364. The number of methoxy groups -OCH3 is 1. The van der Waals surface area contributed by atoms with Gasteiger partial charge in [-0.15, -0.1) is 0 Å². The highest BCUT2D eigenvalue weighted by molar-refractivity contribution is 6.23. The van der Waals surface area contributed by atoms with Crippen molar-refractivity contribution in [3.8, 4) is 23.0 Å². The molecule has 0 spiro atoms. The largest absolute Gasteiger partial charge is 0.507 e. The van der Waals surface area contributed by atoms with Crippen LogP contribution >= 0.6 is 0 Å². The number of amides is 1. The third-order valence-electron chi connectivity index (χ3n) is 11.5. The number of nitrogens with zero attached hydrogens (tertiary/aromatic N) is 2. The Morgan fingerprint density at radius 2 is 1.64 bits per heavy atom. The third kappa shape index (κ3) is 8.51. The zero-order chi connectivity index (χ0) is 42.8. The van der Waals surface area contributed by atoms with E-state index in [-0.39, 0.29) is 44.5 Å². The Labute approximate surface area is 337 Å². The average Bonchev–Trinajstić information content (AvgIpc) is 3.46. The molecule has 58 heavy (non-hydrogen) atoms. The van der Waals surface area contributed by atoms with E-state index in [1.54, 1.807) is 44.9 Å². The average molecular weight is 809 g/mol. The highest BCUT2D eigenvalue weighted by atomic mass is 16.7. The number of aliphatic hydroxyl groups is 2. The molecule has 4 heterocycles. The number of allylic oxidation sites excluding steroid dienone is 2. The smallest absolute Gasteiger partial charge is 0.312 e. The van der Waals surface area contributed by atoms with Crippen LogP contribution in [-0.4, -0.2) is 118 Å². The first-order chi connectivity index (χ1) is 27.3. The first kappa shape index (κ1) is 44.0. The molecule has 1 saturated heterocycles. The number of phenols is 3. The van der Waals surface area contributed by atoms with Gasteiger partial charge in [-0.3, -0.25) is 19.4 Å². The number of esters is 1. The number of hydrogen-bond acceptors (Lipinski definition) is 15. The van der Waals surface area contributed by atoms with E-state index < -0.39 is 88.8 Å². The molecule has 0 radical (unpaired) electrons. The minimum atomic E-state index is -2.04. The van der Waals surface area contributed by atoms with Crippen molar-refractivity contribution in [1.29, 1.82) is 0 Å². The molecule has 0 unspecified atom stereocenters. The second-order valence-electron chi connectivity index (χ2n) is 15.6. The van der Waals surface area contributed by atoms with Gasteiger partial charge in [-0.1, -0.05) is 45.9 Å². The molecule has 5 bridgehead atoms. The molecule has 2 aromatic carbocycles. The fourth-order valence-electron chi connectivity index (χ4n) is 7.78. The Morgan fingerprint density at radius 3 is 2.28 bits per heavy atom. The molecule has 7 N–H and O–H groups in total. The van der Waals surface area contributed by atoms with Crippen molar-refractivity contribution in [1.82, 2.24) is 10.3 Å². The van der Waals surface area contributed by atoms with Gasteiger partial charge in [-0.2, -0.15) is 5.10 Å². The van der Waals surface area contributed by atoms with Crippen molar-refractivity contribution in [2.24, 2.45) is 28.8 Å². The fourth-order valence-corrected chi connectivity index (χ4v) is 7.78. The Kier molecular flexibility index (Phi) is 13.5. The zero-order valence-corrected chi connectivity index (χ0v) is 34.4. The summed E-state index contributed by atoms with van der Waals surface area (Å²) in [7, 11) is 1.44. The topological polar surface area (TPSA) is 229 Å². The molecule has 16 heteroatoms. The number of anilines is 1. The molecule has 0 aliphatic carbocycles. The van der Waals surface area contributed by atoms with Gasteiger partial charge in [-0.25, -0.2) is 0 Å². The van der Waals surface area contributed by atoms with Gasteiger partial charge >= 0.3 is 11.8 Å². The van der Waals surface area contributed by atoms with E-state index in [0.717, 1.165) is 0 Å². The van der Waals surface area contributed by atoms with E-state index in [0.29, 0.717) is 26.2 Å². The maximum absolute atomic E-state index is 14.4. The summed E-state index contributed by atoms with van der Waals surface area (Å²) < 4.78 is 23.6. The van der Waals surface area contributed by atoms with E-state index in [1.165, 1.54) is 59.4 Å². The number of carbonyl (C=O) groups is 3. The van der Waals surface area contributed by atoms with E-state index in [4.69, 9.17) is 18.9 Å². The Morgan fingerprint density at radius 1 is 0.966 bits per heavy atom. The second kappa shape index (κ2) is 17.8. The van der Waals surface area contributed by atoms with Gasteiger partial charge < -0.3 is 55.1 Å². The van der Waals surface area contributed by atoms with Crippen molar-refractivity contribution in [3.63, 3.8) is 0 Å². The summed E-state index contributed by atoms with van der Waals surface area (Å²) >= 11 is 0. The third-order valence-corrected chi connectivity index (χ3v) is 11.5. The molecular formula is C42H56N4O12. The van der Waals surface area contributed by atoms with Crippen molar-refractivity contribution in [3.05, 3.63) is 52.8 Å². The number of hydrogen-bond donors (Lipinski definition) is 7. The molecule has 2 aromatic rings. The summed E-state index contributed by atoms with van der Waals surface area (Å²) in [6.07, 6.45) is 4.83. The van der Waals surface area contributed by atoms with E-state index in [9.17, 15) is 39.9 Å². The Balaban J connectivity index is 1.71. The monoisotopic (exact) mass is 808 g/mol. The zero-order valence-electron chi connectivity index (χ0n) is 34.4. The van der Waals surface area contributed by atoms with Crippen molar-refractivity contribution in [2.75, 3.05) is 38.6 Å². The first-order valence-corrected chi connectivity index (χ1v) is 19.4. The lowest BCUT2D eigenvalue weighted by Crippen LogP contribution is -2.46. The number of ketones is 1. The fraction of sp³-hybridized carbons (Fsp3) is 0.524. The van der Waals surface area contributed by atoms with E-state index in [2.05, 4.69) is 15.7 Å². The number of carbonyl (C=O) groups excluding carboxylic acids is 3. The van der Waals surface area contributed by atoms with Crippen molar-refractivity contribution >= 4 is 40.3 Å². The summed E-state index contributed by atoms with van der Waals surface area (Å²) in [5.74, 6) is -8.36. The lowest BCUT2D eigenvalue weighted by molar-refractivity contribution is -0.160. The van der Waals surface area contributed by atoms with Crippen molar-refractivity contribution in [2.45, 2.75) is 85.6 Å². The van der Waals surface area contributed by atoms with Crippen LogP contribution in [0.5, 0.6) is 23.0 Å². The molecule has 16 nitrogen and oxygen atoms in total. The molecule has 4 aliphatic heterocycles. The quantitative estimate of drug-likeness (QED) is 0.100. The van der Waals surface area contributed by atoms with Gasteiger partial charge in [0.15, 0.2) is 5.75 Å². The van der Waals surface area contributed by atoms with E-state index >= 15 is 0 Å². The van der Waals surface area contributed by atoms with Crippen LogP contribution in [0.15, 0.2) is 41.2 Å². The highest BCUT2D eigenvalue weighted by Crippen LogP contribution is 2.55. The van der Waals surface area contributed by atoms with Crippen LogP contribution in [-0.2, 0) is 23.8 Å². The lowest BCUT2D eigenvalue weighted by Gasteiger charge is -2.38. The van der Waals surface area contributed by atoms with Gasteiger partial charge in [0, 0.05) is 87.3 Å². The van der Waals surface area contributed by atoms with Gasteiger partial charge in [-0.05, 0) is 19.9 Å². The molecule has 1 fully saturated rings. The van der Waals surface area contributed by atoms with Gasteiger partial charge in [0.25, 0.3) is 11.7 Å². The summed E-state index contributed by atoms with van der Waals surface area (Å²) in [6.45, 7) is 14.9. The lowest BCUT2D eigenvalue weighted by atomic mass is 9.78. The summed E-state index contributed by atoms with van der Waals surface area (Å²) in [6, 6.07) is 0. The SMILES string of the molecule is CO[C@H]1/C=C/O[C@@]2(C)Oc3c(C)c(O)c4c(O)c(c(/C=N/N5CCNCC5)c(O)c4c3C2=O)NC(=O)/C(C)=C/C=C/[C@H](C)[C@H](O)[C@@H](C)[C@@H](O)[C@@H](C)[C@H](OC(C)=O)[C@@H]1C. The first-order valence-electron chi connectivity index (χ1n) is 19.4. The number of aliphatic hydroxyl groups excluding tert-OH is 2. The standard InChI is InChI=1S/C42H56N4O12/c1-20-11-10-12-21(2)41(54)45-32-27(19-44-46-16-14-43-15-17-46)36(51)29-30(37(32)52)35(50)25(6)39-31(29)40(53)42(8,58-39)56-18-13-28(55-9)22(3)38(57-26(7)47)24(5)34(49)23(4)33(20)48/h10-13,18-20,22-24,28,33-34,38,43,48-52H,14-17H2,1-9H3,(H,45,54)/b11-10+,18-13+,21-12+,44-19+/t20-,22+,23+,24+,28-,33-,34+,38+,42-/m0/s1. The molecule has 1 amide bonds. The number of phenolic OH excluding ortho intramolecular Hbond substituents is 3. The van der Waals surface area contributed by atoms with Crippen LogP contribution in [0.1, 0.15) is 70.0 Å². The maximum atomic E-state index is 14.4. The van der Waals surface area contributed by atoms with Gasteiger partial charge in [0.05, 0.1) is 53.0 Å². The molecule has 0 aromatic heterocycles. The van der Waals surface area contributed by atoms with Gasteiger partial charge in [0.1, 0.15) is 23.4 Å². The Bertz CT molecular complexity index is 2040. The minimum absolute atomic E-state index is 0.0544. The number of nitrogens with one attached hydrogen (secondary N) is 2. The molecular weight excluding hydrogens is 752 g/mol. The summed E-state index contributed by atoms with van der Waals surface area (Å²) in [4.78, 5) is 40.4. The molecule has 316 valence electrons. The number of hydrazone groups is 1. The van der Waals surface area contributed by atoms with Gasteiger partial charge in [0.2, 0.25) is 0 Å². The number of Topliss-reactive ketones (excluding diaryl/α,β-unsaturated/α-hetero) is 1. The van der Waals surface area contributed by atoms with Crippen LogP contribution in [0.25, 0.3) is 10.8 Å². The number of aromatic hydroxyl groups is 3. The normalized spacial score (nSPS) is 32.1. The molecule has 4 aliphatic rings. The van der Waals surface area contributed by atoms with Crippen LogP contribution in [0.4, 0.5) is 5.69 Å². The second-order valence-corrected chi connectivity index (χ2v) is 15.6. The number of piperazine rings is 1. The van der Waals surface area contributed by atoms with E-state index in [1.807, 2.05) is 0 Å². The van der Waals surface area contributed by atoms with Crippen LogP contribution < -0.4 is 15.4 Å². The molecule has 9 atom stereocenters. The van der Waals surface area contributed by atoms with Crippen LogP contribution in [0, 0.1) is 30.6 Å². The summed E-state index contributed by atoms with van der Waals surface area (Å²) in [5, 5.41) is 69.8. The highest BCUT2D eigenvalue weighted by Gasteiger charge is 2.50. The number of ether oxygens (including phenoxy) is 4. The predicted molar refractivity (Wildman–Crippen MR) is 216 cm³/mol. The molecule has 6 rings (SSSR count). The maximum Gasteiger partial charge on any atom is 0.312 e. The van der Waals surface area contributed by atoms with Crippen LogP contribution in [0.3, 0.4) is 0 Å². The van der Waals surface area contributed by atoms with Crippen LogP contribution in [0.2, 0.25) is 0 Å². The number of fused-ring (bicyclic) bond motifs is 14.